The normalized spacial score (nSPS) is 23.6. The molecule has 8 heteroatoms. The lowest BCUT2D eigenvalue weighted by Crippen LogP contribution is -2.45. The Bertz CT molecular complexity index is 832. The van der Waals surface area contributed by atoms with Crippen molar-refractivity contribution in [3.63, 3.8) is 0 Å². The van der Waals surface area contributed by atoms with Crippen LogP contribution in [0.25, 0.3) is 0 Å². The number of fused-ring (bicyclic) bond motifs is 2. The molecule has 2 heterocycles. The third kappa shape index (κ3) is 4.96. The van der Waals surface area contributed by atoms with Gasteiger partial charge >= 0.3 is 6.09 Å². The highest BCUT2D eigenvalue weighted by molar-refractivity contribution is 6.76. The van der Waals surface area contributed by atoms with Gasteiger partial charge in [-0.1, -0.05) is 37.8 Å². The number of carbonyl (C=O) groups is 2. The number of likely N-dealkylation sites (tertiary alicyclic amines) is 1. The number of benzene rings is 1. The monoisotopic (exact) mass is 448 g/mol. The van der Waals surface area contributed by atoms with E-state index < -0.39 is 31.2 Å². The Balaban J connectivity index is 1.84. The minimum Gasteiger partial charge on any atom is -0.444 e. The summed E-state index contributed by atoms with van der Waals surface area (Å²) in [5.41, 5.74) is 0.172. The largest absolute Gasteiger partial charge is 0.444 e. The van der Waals surface area contributed by atoms with Crippen LogP contribution in [-0.2, 0) is 19.7 Å². The predicted molar refractivity (Wildman–Crippen MR) is 123 cm³/mol. The van der Waals surface area contributed by atoms with Crippen LogP contribution in [0.1, 0.15) is 32.8 Å². The Kier molecular flexibility index (Phi) is 6.56. The first-order valence-electron chi connectivity index (χ1n) is 11.0. The third-order valence-corrected chi connectivity index (χ3v) is 7.59. The number of carbonyl (C=O) groups excluding carboxylic acids is 2. The number of hydrogen-bond donors (Lipinski definition) is 1. The van der Waals surface area contributed by atoms with Crippen LogP contribution in [0.5, 0.6) is 0 Å². The highest BCUT2D eigenvalue weighted by atomic mass is 28.3. The highest BCUT2D eigenvalue weighted by Crippen LogP contribution is 2.49. The number of amides is 2. The van der Waals surface area contributed by atoms with E-state index in [1.54, 1.807) is 25.7 Å². The first-order valence-corrected chi connectivity index (χ1v) is 14.7. The van der Waals surface area contributed by atoms with Crippen molar-refractivity contribution < 1.29 is 24.2 Å². The van der Waals surface area contributed by atoms with Gasteiger partial charge in [-0.05, 0) is 44.9 Å². The van der Waals surface area contributed by atoms with Crippen molar-refractivity contribution in [1.29, 1.82) is 0 Å². The summed E-state index contributed by atoms with van der Waals surface area (Å²) in [5.74, 6) is -0.0776. The van der Waals surface area contributed by atoms with Gasteiger partial charge in [-0.2, -0.15) is 0 Å². The smallest absolute Gasteiger partial charge is 0.410 e. The standard InChI is InChI=1S/C23H36N2O5Si/c1-22(2,3)30-21(28)24-15-23(13-17(24)14-26)18-9-7-8-10-19(18)25(20(23)27)16-29-11-12-31(4,5)6/h7-10,17,26H,11-16H2,1-6H3/t17-,23-/m1/s1. The van der Waals surface area contributed by atoms with Crippen LogP contribution in [0.4, 0.5) is 10.5 Å². The molecule has 0 bridgehead atoms. The Hall–Kier alpha value is -1.90. The molecule has 2 aliphatic heterocycles. The molecule has 0 aromatic heterocycles. The zero-order valence-corrected chi connectivity index (χ0v) is 20.6. The zero-order chi connectivity index (χ0) is 23.0. The second-order valence-electron chi connectivity index (χ2n) is 10.8. The van der Waals surface area contributed by atoms with Crippen molar-refractivity contribution in [3.8, 4) is 0 Å². The van der Waals surface area contributed by atoms with E-state index in [4.69, 9.17) is 9.47 Å². The molecule has 1 spiro atoms. The fourth-order valence-electron chi connectivity index (χ4n) is 4.30. The lowest BCUT2D eigenvalue weighted by molar-refractivity contribution is -0.123. The average molecular weight is 449 g/mol. The zero-order valence-electron chi connectivity index (χ0n) is 19.6. The highest BCUT2D eigenvalue weighted by Gasteiger charge is 2.58. The molecule has 0 aliphatic carbocycles. The summed E-state index contributed by atoms with van der Waals surface area (Å²) < 4.78 is 11.5. The molecule has 2 aliphatic rings. The second kappa shape index (κ2) is 8.56. The maximum Gasteiger partial charge on any atom is 0.410 e. The molecule has 7 nitrogen and oxygen atoms in total. The minimum atomic E-state index is -1.22. The summed E-state index contributed by atoms with van der Waals surface area (Å²) in [6.07, 6.45) is -0.136. The number of nitrogens with zero attached hydrogens (tertiary/aromatic N) is 2. The van der Waals surface area contributed by atoms with Crippen LogP contribution in [0, 0.1) is 0 Å². The van der Waals surface area contributed by atoms with Crippen molar-refractivity contribution in [2.45, 2.75) is 69.9 Å². The molecule has 172 valence electrons. The number of para-hydroxylation sites is 1. The molecule has 1 fully saturated rings. The van der Waals surface area contributed by atoms with Crippen LogP contribution in [0.3, 0.4) is 0 Å². The van der Waals surface area contributed by atoms with Crippen LogP contribution < -0.4 is 4.90 Å². The van der Waals surface area contributed by atoms with E-state index >= 15 is 0 Å². The van der Waals surface area contributed by atoms with Gasteiger partial charge < -0.3 is 19.5 Å². The lowest BCUT2D eigenvalue weighted by Gasteiger charge is -2.28. The number of aliphatic hydroxyl groups is 1. The summed E-state index contributed by atoms with van der Waals surface area (Å²) >= 11 is 0. The van der Waals surface area contributed by atoms with Crippen LogP contribution in [-0.4, -0.2) is 68.2 Å². The van der Waals surface area contributed by atoms with Crippen molar-refractivity contribution in [2.24, 2.45) is 0 Å². The van der Waals surface area contributed by atoms with E-state index in [-0.39, 0.29) is 25.8 Å². The summed E-state index contributed by atoms with van der Waals surface area (Å²) in [5, 5.41) is 9.98. The molecule has 1 aromatic rings. The molecule has 2 atom stereocenters. The van der Waals surface area contributed by atoms with Gasteiger partial charge in [-0.15, -0.1) is 0 Å². The Morgan fingerprint density at radius 2 is 1.94 bits per heavy atom. The first kappa shape index (κ1) is 23.8. The molecule has 1 N–H and O–H groups in total. The fourth-order valence-corrected chi connectivity index (χ4v) is 5.06. The van der Waals surface area contributed by atoms with Gasteiger partial charge in [0.15, 0.2) is 0 Å². The van der Waals surface area contributed by atoms with Gasteiger partial charge in [-0.3, -0.25) is 9.69 Å². The van der Waals surface area contributed by atoms with Gasteiger partial charge in [-0.25, -0.2) is 4.79 Å². The number of anilines is 1. The van der Waals surface area contributed by atoms with E-state index in [1.807, 2.05) is 24.3 Å². The van der Waals surface area contributed by atoms with Crippen molar-refractivity contribution in [3.05, 3.63) is 29.8 Å². The van der Waals surface area contributed by atoms with Crippen molar-refractivity contribution in [2.75, 3.05) is 31.4 Å². The van der Waals surface area contributed by atoms with E-state index in [9.17, 15) is 14.7 Å². The van der Waals surface area contributed by atoms with Crippen LogP contribution in [0.15, 0.2) is 24.3 Å². The molecule has 0 radical (unpaired) electrons. The SMILES string of the molecule is CC(C)(C)OC(=O)N1C[C@@]2(C[C@@H]1CO)C(=O)N(COCC[Si](C)(C)C)c1ccccc12. The van der Waals surface area contributed by atoms with E-state index in [2.05, 4.69) is 19.6 Å². The van der Waals surface area contributed by atoms with E-state index in [0.29, 0.717) is 13.0 Å². The molecule has 3 rings (SSSR count). The number of rotatable bonds is 6. The molecule has 0 unspecified atom stereocenters. The summed E-state index contributed by atoms with van der Waals surface area (Å²) in [6.45, 7) is 13.1. The quantitative estimate of drug-likeness (QED) is 0.531. The topological polar surface area (TPSA) is 79.3 Å². The molecule has 0 saturated carbocycles. The second-order valence-corrected chi connectivity index (χ2v) is 16.5. The molecular formula is C23H36N2O5Si. The first-order chi connectivity index (χ1) is 14.4. The van der Waals surface area contributed by atoms with Gasteiger partial charge in [0.05, 0.1) is 23.8 Å². The molecule has 1 saturated heterocycles. The number of aliphatic hydroxyl groups excluding tert-OH is 1. The number of hydrogen-bond acceptors (Lipinski definition) is 5. The maximum absolute atomic E-state index is 13.7. The summed E-state index contributed by atoms with van der Waals surface area (Å²) in [6, 6.07) is 8.24. The fraction of sp³-hybridized carbons (Fsp3) is 0.652. The average Bonchev–Trinajstić information content (AvgIpc) is 3.16. The maximum atomic E-state index is 13.7. The van der Waals surface area contributed by atoms with E-state index in [0.717, 1.165) is 17.3 Å². The molecule has 1 aromatic carbocycles. The van der Waals surface area contributed by atoms with Crippen LogP contribution in [0.2, 0.25) is 25.7 Å². The van der Waals surface area contributed by atoms with Gasteiger partial charge in [0.1, 0.15) is 12.3 Å². The predicted octanol–water partition coefficient (Wildman–Crippen LogP) is 3.59. The Labute approximate surface area is 186 Å². The molecule has 31 heavy (non-hydrogen) atoms. The lowest BCUT2D eigenvalue weighted by atomic mass is 9.79. The molecular weight excluding hydrogens is 412 g/mol. The van der Waals surface area contributed by atoms with Gasteiger partial charge in [0.25, 0.3) is 0 Å². The summed E-state index contributed by atoms with van der Waals surface area (Å²) in [4.78, 5) is 29.7. The number of ether oxygens (including phenoxy) is 2. The minimum absolute atomic E-state index is 0.0776. The summed E-state index contributed by atoms with van der Waals surface area (Å²) in [7, 11) is -1.22. The molecule has 2 amide bonds. The van der Waals surface area contributed by atoms with Gasteiger partial charge in [0.2, 0.25) is 5.91 Å². The van der Waals surface area contributed by atoms with Crippen molar-refractivity contribution >= 4 is 25.8 Å². The van der Waals surface area contributed by atoms with E-state index in [1.165, 1.54) is 4.90 Å². The van der Waals surface area contributed by atoms with Crippen molar-refractivity contribution in [1.82, 2.24) is 4.90 Å². The van der Waals surface area contributed by atoms with Gasteiger partial charge in [0, 0.05) is 21.2 Å². The Morgan fingerprint density at radius 1 is 1.26 bits per heavy atom. The van der Waals surface area contributed by atoms with Crippen LogP contribution >= 0.6 is 0 Å². The Morgan fingerprint density at radius 3 is 2.55 bits per heavy atom. The third-order valence-electron chi connectivity index (χ3n) is 5.89.